The van der Waals surface area contributed by atoms with E-state index in [-0.39, 0.29) is 11.0 Å². The standard InChI is InChI=1S/C25H31N5O2/c1-3-8-23(30(31)32)15-19(2)28-25-27-14-13-24(29-25)22-12-7-11-21(16-22)18-26-17-20-9-5-4-6-10-20/h4-7,9-14,16,19,23,26H,3,8,15,17-18H2,1-2H3,(H,27,28,29). The molecule has 0 aliphatic rings. The maximum Gasteiger partial charge on any atom is 0.223 e. The number of anilines is 1. The molecular weight excluding hydrogens is 402 g/mol. The van der Waals surface area contributed by atoms with Crippen molar-refractivity contribution in [2.45, 2.75) is 58.3 Å². The molecule has 0 aliphatic heterocycles. The van der Waals surface area contributed by atoms with Crippen LogP contribution in [0.3, 0.4) is 0 Å². The van der Waals surface area contributed by atoms with Crippen molar-refractivity contribution < 1.29 is 4.92 Å². The predicted molar refractivity (Wildman–Crippen MR) is 128 cm³/mol. The number of hydrogen-bond acceptors (Lipinski definition) is 6. The minimum atomic E-state index is -0.550. The highest BCUT2D eigenvalue weighted by atomic mass is 16.6. The number of nitro groups is 1. The molecule has 2 unspecified atom stereocenters. The van der Waals surface area contributed by atoms with Gasteiger partial charge in [-0.25, -0.2) is 9.97 Å². The maximum absolute atomic E-state index is 11.2. The molecule has 0 bridgehead atoms. The second kappa shape index (κ2) is 11.9. The van der Waals surface area contributed by atoms with Crippen molar-refractivity contribution >= 4 is 5.95 Å². The molecule has 3 aromatic rings. The van der Waals surface area contributed by atoms with Gasteiger partial charge in [-0.15, -0.1) is 0 Å². The van der Waals surface area contributed by atoms with Crippen molar-refractivity contribution in [3.8, 4) is 11.3 Å². The second-order valence-corrected chi connectivity index (χ2v) is 8.06. The lowest BCUT2D eigenvalue weighted by Gasteiger charge is -2.16. The summed E-state index contributed by atoms with van der Waals surface area (Å²) in [6.45, 7) is 5.47. The molecule has 7 nitrogen and oxygen atoms in total. The molecule has 7 heteroatoms. The topological polar surface area (TPSA) is 93.0 Å². The Kier molecular flexibility index (Phi) is 8.69. The van der Waals surface area contributed by atoms with Crippen molar-refractivity contribution in [3.63, 3.8) is 0 Å². The van der Waals surface area contributed by atoms with Gasteiger partial charge in [-0.2, -0.15) is 0 Å². The highest BCUT2D eigenvalue weighted by Crippen LogP contribution is 2.20. The molecule has 0 saturated heterocycles. The Morgan fingerprint density at radius 3 is 2.53 bits per heavy atom. The Morgan fingerprint density at radius 2 is 1.78 bits per heavy atom. The van der Waals surface area contributed by atoms with E-state index in [0.717, 1.165) is 30.8 Å². The van der Waals surface area contributed by atoms with Crippen molar-refractivity contribution in [2.75, 3.05) is 5.32 Å². The third-order valence-corrected chi connectivity index (χ3v) is 5.30. The van der Waals surface area contributed by atoms with Crippen molar-refractivity contribution in [3.05, 3.63) is 88.1 Å². The van der Waals surface area contributed by atoms with E-state index in [9.17, 15) is 10.1 Å². The molecule has 0 fully saturated rings. The van der Waals surface area contributed by atoms with Gasteiger partial charge in [0.1, 0.15) is 0 Å². The summed E-state index contributed by atoms with van der Waals surface area (Å²) in [6, 6.07) is 19.8. The zero-order valence-corrected chi connectivity index (χ0v) is 18.7. The first-order valence-corrected chi connectivity index (χ1v) is 11.1. The molecule has 1 heterocycles. The van der Waals surface area contributed by atoms with Crippen LogP contribution in [0.1, 0.15) is 44.2 Å². The highest BCUT2D eigenvalue weighted by molar-refractivity contribution is 5.61. The summed E-state index contributed by atoms with van der Waals surface area (Å²) in [7, 11) is 0. The molecule has 1 aromatic heterocycles. The summed E-state index contributed by atoms with van der Waals surface area (Å²) in [6.07, 6.45) is 3.53. The Bertz CT molecular complexity index is 996. The van der Waals surface area contributed by atoms with Crippen LogP contribution in [0.15, 0.2) is 66.9 Å². The average Bonchev–Trinajstić information content (AvgIpc) is 2.80. The third kappa shape index (κ3) is 7.13. The van der Waals surface area contributed by atoms with Crippen LogP contribution in [0.4, 0.5) is 5.95 Å². The van der Waals surface area contributed by atoms with Gasteiger partial charge in [-0.05, 0) is 36.6 Å². The Hall–Kier alpha value is -3.32. The van der Waals surface area contributed by atoms with E-state index in [0.29, 0.717) is 18.8 Å². The Labute approximate surface area is 189 Å². The molecule has 0 aliphatic carbocycles. The molecule has 2 aromatic carbocycles. The van der Waals surface area contributed by atoms with E-state index in [2.05, 4.69) is 44.9 Å². The predicted octanol–water partition coefficient (Wildman–Crippen LogP) is 5.07. The molecular formula is C25H31N5O2. The third-order valence-electron chi connectivity index (χ3n) is 5.30. The van der Waals surface area contributed by atoms with E-state index in [1.807, 2.05) is 50.2 Å². The molecule has 0 saturated carbocycles. The normalized spacial score (nSPS) is 12.8. The smallest absolute Gasteiger partial charge is 0.223 e. The first-order chi connectivity index (χ1) is 15.5. The van der Waals surface area contributed by atoms with Gasteiger partial charge in [0, 0.05) is 48.7 Å². The Morgan fingerprint density at radius 1 is 1.03 bits per heavy atom. The summed E-state index contributed by atoms with van der Waals surface area (Å²) in [5.41, 5.74) is 4.26. The molecule has 0 radical (unpaired) electrons. The maximum atomic E-state index is 11.2. The Balaban J connectivity index is 1.61. The first-order valence-electron chi connectivity index (χ1n) is 11.1. The summed E-state index contributed by atoms with van der Waals surface area (Å²) in [5, 5.41) is 17.9. The van der Waals surface area contributed by atoms with E-state index in [1.54, 1.807) is 6.20 Å². The van der Waals surface area contributed by atoms with Gasteiger partial charge in [0.15, 0.2) is 0 Å². The average molecular weight is 434 g/mol. The quantitative estimate of drug-likeness (QED) is 0.306. The molecule has 3 rings (SSSR count). The lowest BCUT2D eigenvalue weighted by atomic mass is 10.0. The van der Waals surface area contributed by atoms with Gasteiger partial charge >= 0.3 is 0 Å². The minimum absolute atomic E-state index is 0.0966. The number of aromatic nitrogens is 2. The van der Waals surface area contributed by atoms with Crippen LogP contribution in [0.25, 0.3) is 11.3 Å². The SMILES string of the molecule is CCCC(CC(C)Nc1nccc(-c2cccc(CNCc3ccccc3)c2)n1)[N+](=O)[O-]. The fourth-order valence-corrected chi connectivity index (χ4v) is 3.71. The summed E-state index contributed by atoms with van der Waals surface area (Å²) < 4.78 is 0. The van der Waals surface area contributed by atoms with Gasteiger partial charge < -0.3 is 10.6 Å². The van der Waals surface area contributed by atoms with Crippen LogP contribution >= 0.6 is 0 Å². The fraction of sp³-hybridized carbons (Fsp3) is 0.360. The van der Waals surface area contributed by atoms with Crippen LogP contribution in [0.2, 0.25) is 0 Å². The van der Waals surface area contributed by atoms with E-state index in [1.165, 1.54) is 11.1 Å². The minimum Gasteiger partial charge on any atom is -0.351 e. The fourth-order valence-electron chi connectivity index (χ4n) is 3.71. The largest absolute Gasteiger partial charge is 0.351 e. The van der Waals surface area contributed by atoms with Crippen LogP contribution in [-0.4, -0.2) is 27.0 Å². The molecule has 2 atom stereocenters. The lowest BCUT2D eigenvalue weighted by molar-refractivity contribution is -0.524. The lowest BCUT2D eigenvalue weighted by Crippen LogP contribution is -2.28. The number of nitrogens with zero attached hydrogens (tertiary/aromatic N) is 3. The zero-order valence-electron chi connectivity index (χ0n) is 18.7. The summed E-state index contributed by atoms with van der Waals surface area (Å²) >= 11 is 0. The van der Waals surface area contributed by atoms with Crippen molar-refractivity contribution in [1.82, 2.24) is 15.3 Å². The van der Waals surface area contributed by atoms with Gasteiger partial charge in [0.25, 0.3) is 0 Å². The number of benzene rings is 2. The van der Waals surface area contributed by atoms with Crippen LogP contribution in [0.5, 0.6) is 0 Å². The highest BCUT2D eigenvalue weighted by Gasteiger charge is 2.22. The number of rotatable bonds is 12. The van der Waals surface area contributed by atoms with Crippen molar-refractivity contribution in [2.24, 2.45) is 0 Å². The van der Waals surface area contributed by atoms with Crippen molar-refractivity contribution in [1.29, 1.82) is 0 Å². The molecule has 168 valence electrons. The van der Waals surface area contributed by atoms with Gasteiger partial charge in [0.2, 0.25) is 12.0 Å². The van der Waals surface area contributed by atoms with E-state index < -0.39 is 6.04 Å². The molecule has 2 N–H and O–H groups in total. The summed E-state index contributed by atoms with van der Waals surface area (Å²) in [5.74, 6) is 0.487. The number of nitrogens with one attached hydrogen (secondary N) is 2. The van der Waals surface area contributed by atoms with Gasteiger partial charge in [-0.1, -0.05) is 55.5 Å². The van der Waals surface area contributed by atoms with E-state index in [4.69, 9.17) is 0 Å². The monoisotopic (exact) mass is 433 g/mol. The van der Waals surface area contributed by atoms with Gasteiger partial charge in [0.05, 0.1) is 5.69 Å². The van der Waals surface area contributed by atoms with Gasteiger partial charge in [-0.3, -0.25) is 10.1 Å². The molecule has 0 amide bonds. The van der Waals surface area contributed by atoms with Crippen LogP contribution in [0, 0.1) is 10.1 Å². The number of hydrogen-bond donors (Lipinski definition) is 2. The van der Waals surface area contributed by atoms with Crippen LogP contribution < -0.4 is 10.6 Å². The first kappa shape index (κ1) is 23.3. The molecule has 32 heavy (non-hydrogen) atoms. The zero-order chi connectivity index (χ0) is 22.8. The second-order valence-electron chi connectivity index (χ2n) is 8.06. The van der Waals surface area contributed by atoms with E-state index >= 15 is 0 Å². The summed E-state index contributed by atoms with van der Waals surface area (Å²) in [4.78, 5) is 20.0. The molecule has 0 spiro atoms. The van der Waals surface area contributed by atoms with Crippen LogP contribution in [-0.2, 0) is 13.1 Å².